The lowest BCUT2D eigenvalue weighted by Gasteiger charge is -2.22. The fraction of sp³-hybridized carbons (Fsp3) is 0.200. The summed E-state index contributed by atoms with van der Waals surface area (Å²) in [6, 6.07) is 17.0. The maximum atomic E-state index is 11.2. The van der Waals surface area contributed by atoms with Crippen molar-refractivity contribution in [3.63, 3.8) is 0 Å². The molecule has 0 unspecified atom stereocenters. The van der Waals surface area contributed by atoms with E-state index in [1.807, 2.05) is 43.3 Å². The lowest BCUT2D eigenvalue weighted by atomic mass is 9.83. The first-order valence-corrected chi connectivity index (χ1v) is 10.6. The van der Waals surface area contributed by atoms with Crippen LogP contribution in [0.1, 0.15) is 31.9 Å². The highest BCUT2D eigenvalue weighted by molar-refractivity contribution is 6.38. The molecule has 1 aromatic heterocycles. The van der Waals surface area contributed by atoms with Crippen LogP contribution in [-0.4, -0.2) is 15.2 Å². The van der Waals surface area contributed by atoms with Gasteiger partial charge in [0.2, 0.25) is 5.82 Å². The lowest BCUT2D eigenvalue weighted by Crippen LogP contribution is -2.11. The van der Waals surface area contributed by atoms with E-state index in [0.717, 1.165) is 22.3 Å². The van der Waals surface area contributed by atoms with Gasteiger partial charge in [-0.15, -0.1) is 0 Å². The van der Waals surface area contributed by atoms with Crippen molar-refractivity contribution in [2.24, 2.45) is 0 Å². The van der Waals surface area contributed by atoms with E-state index in [1.54, 1.807) is 18.2 Å². The van der Waals surface area contributed by atoms with Gasteiger partial charge in [-0.05, 0) is 53.3 Å². The van der Waals surface area contributed by atoms with E-state index in [0.29, 0.717) is 21.2 Å². The third-order valence-electron chi connectivity index (χ3n) is 5.25. The molecule has 4 rings (SSSR count). The Morgan fingerprint density at radius 1 is 0.871 bits per heavy atom. The third-order valence-corrected chi connectivity index (χ3v) is 5.88. The average Bonchev–Trinajstić information content (AvgIpc) is 3.17. The lowest BCUT2D eigenvalue weighted by molar-refractivity contribution is 0.431. The summed E-state index contributed by atoms with van der Waals surface area (Å²) >= 11 is 12.6. The molecule has 158 valence electrons. The monoisotopic (exact) mass is 452 g/mol. The molecule has 4 aromatic rings. The zero-order valence-electron chi connectivity index (χ0n) is 17.7. The molecule has 1 heterocycles. The highest BCUT2D eigenvalue weighted by atomic mass is 35.5. The van der Waals surface area contributed by atoms with Crippen LogP contribution in [0.3, 0.4) is 0 Å². The van der Waals surface area contributed by atoms with E-state index in [1.165, 1.54) is 0 Å². The Morgan fingerprint density at radius 2 is 1.52 bits per heavy atom. The molecule has 0 aliphatic carbocycles. The van der Waals surface area contributed by atoms with Crippen LogP contribution in [0.15, 0.2) is 59.1 Å². The van der Waals surface area contributed by atoms with Crippen LogP contribution < -0.4 is 0 Å². The summed E-state index contributed by atoms with van der Waals surface area (Å²) in [5.74, 6) is 0.563. The van der Waals surface area contributed by atoms with Gasteiger partial charge in [0.05, 0.1) is 21.2 Å². The van der Waals surface area contributed by atoms with Gasteiger partial charge < -0.3 is 9.63 Å². The molecule has 0 aliphatic rings. The molecule has 0 atom stereocenters. The van der Waals surface area contributed by atoms with Crippen molar-refractivity contribution >= 4 is 23.2 Å². The standard InChI is InChI=1S/C25H22Cl2N2O2/c1-14-8-5-6-9-16(14)17-12-15(25(2,3)4)13-18(22(17)30)23-28-24(31-29-23)21-19(26)10-7-11-20(21)27/h5-13,30H,1-4H3. The SMILES string of the molecule is Cc1ccccc1-c1cc(C(C)(C)C)cc(-c2noc(-c3c(Cl)cccc3Cl)n2)c1O. The average molecular weight is 453 g/mol. The molecule has 6 heteroatoms. The first-order valence-electron chi connectivity index (χ1n) is 9.89. The van der Waals surface area contributed by atoms with Crippen molar-refractivity contribution in [2.45, 2.75) is 33.1 Å². The molecule has 0 saturated heterocycles. The van der Waals surface area contributed by atoms with Gasteiger partial charge >= 0.3 is 0 Å². The molecule has 0 fully saturated rings. The zero-order chi connectivity index (χ0) is 22.3. The first-order chi connectivity index (χ1) is 14.7. The summed E-state index contributed by atoms with van der Waals surface area (Å²) in [5.41, 5.74) is 4.58. The maximum Gasteiger partial charge on any atom is 0.261 e. The fourth-order valence-electron chi connectivity index (χ4n) is 3.45. The Balaban J connectivity index is 1.93. The Bertz CT molecular complexity index is 1250. The smallest absolute Gasteiger partial charge is 0.261 e. The van der Waals surface area contributed by atoms with Crippen LogP contribution >= 0.6 is 23.2 Å². The molecule has 0 aliphatic heterocycles. The van der Waals surface area contributed by atoms with Crippen molar-refractivity contribution in [1.29, 1.82) is 0 Å². The number of phenolic OH excluding ortho intramolecular Hbond substituents is 1. The molecule has 0 bridgehead atoms. The van der Waals surface area contributed by atoms with E-state index in [-0.39, 0.29) is 22.9 Å². The van der Waals surface area contributed by atoms with Crippen LogP contribution in [-0.2, 0) is 5.41 Å². The Hall–Kier alpha value is -2.82. The summed E-state index contributed by atoms with van der Waals surface area (Å²) in [5, 5.41) is 16.2. The van der Waals surface area contributed by atoms with Crippen LogP contribution in [0.2, 0.25) is 10.0 Å². The van der Waals surface area contributed by atoms with Crippen molar-refractivity contribution < 1.29 is 9.63 Å². The van der Waals surface area contributed by atoms with Gasteiger partial charge in [0.15, 0.2) is 0 Å². The van der Waals surface area contributed by atoms with Gasteiger partial charge in [-0.3, -0.25) is 0 Å². The van der Waals surface area contributed by atoms with Crippen LogP contribution in [0.4, 0.5) is 0 Å². The number of aromatic hydroxyl groups is 1. The van der Waals surface area contributed by atoms with Crippen LogP contribution in [0, 0.1) is 6.92 Å². The molecule has 4 nitrogen and oxygen atoms in total. The molecule has 1 N–H and O–H groups in total. The van der Waals surface area contributed by atoms with E-state index >= 15 is 0 Å². The summed E-state index contributed by atoms with van der Waals surface area (Å²) in [4.78, 5) is 4.51. The van der Waals surface area contributed by atoms with E-state index in [9.17, 15) is 5.11 Å². The number of aryl methyl sites for hydroxylation is 1. The van der Waals surface area contributed by atoms with Gasteiger partial charge in [-0.2, -0.15) is 4.98 Å². The summed E-state index contributed by atoms with van der Waals surface area (Å²) in [6.07, 6.45) is 0. The number of aromatic nitrogens is 2. The molecule has 3 aromatic carbocycles. The molecular weight excluding hydrogens is 431 g/mol. The number of nitrogens with zero attached hydrogens (tertiary/aromatic N) is 2. The van der Waals surface area contributed by atoms with Crippen molar-refractivity contribution in [3.8, 4) is 39.7 Å². The first kappa shape index (κ1) is 21.4. The van der Waals surface area contributed by atoms with Gasteiger partial charge in [0, 0.05) is 5.56 Å². The molecule has 0 amide bonds. The van der Waals surface area contributed by atoms with Crippen molar-refractivity contribution in [1.82, 2.24) is 10.1 Å². The molecule has 0 spiro atoms. The third kappa shape index (κ3) is 4.06. The van der Waals surface area contributed by atoms with Gasteiger partial charge in [-0.1, -0.05) is 79.5 Å². The maximum absolute atomic E-state index is 11.2. The highest BCUT2D eigenvalue weighted by Gasteiger charge is 2.24. The van der Waals surface area contributed by atoms with Crippen molar-refractivity contribution in [3.05, 3.63) is 75.8 Å². The summed E-state index contributed by atoms with van der Waals surface area (Å²) < 4.78 is 5.48. The van der Waals surface area contributed by atoms with Gasteiger partial charge in [-0.25, -0.2) is 0 Å². The fourth-order valence-corrected chi connectivity index (χ4v) is 4.01. The minimum atomic E-state index is -0.154. The largest absolute Gasteiger partial charge is 0.507 e. The molecular formula is C25H22Cl2N2O2. The highest BCUT2D eigenvalue weighted by Crippen LogP contribution is 2.43. The number of hydrogen-bond acceptors (Lipinski definition) is 4. The summed E-state index contributed by atoms with van der Waals surface area (Å²) in [7, 11) is 0. The summed E-state index contributed by atoms with van der Waals surface area (Å²) in [6.45, 7) is 8.38. The van der Waals surface area contributed by atoms with E-state index in [2.05, 4.69) is 30.9 Å². The number of benzene rings is 3. The second kappa shape index (κ2) is 8.03. The number of phenols is 1. The Morgan fingerprint density at radius 3 is 2.16 bits per heavy atom. The van der Waals surface area contributed by atoms with Crippen LogP contribution in [0.25, 0.3) is 34.0 Å². The number of hydrogen-bond donors (Lipinski definition) is 1. The second-order valence-electron chi connectivity index (χ2n) is 8.50. The van der Waals surface area contributed by atoms with Gasteiger partial charge in [0.25, 0.3) is 5.89 Å². The second-order valence-corrected chi connectivity index (χ2v) is 9.32. The molecule has 0 saturated carbocycles. The minimum Gasteiger partial charge on any atom is -0.507 e. The molecule has 0 radical (unpaired) electrons. The Labute approximate surface area is 191 Å². The molecule has 31 heavy (non-hydrogen) atoms. The topological polar surface area (TPSA) is 59.2 Å². The van der Waals surface area contributed by atoms with Crippen molar-refractivity contribution in [2.75, 3.05) is 0 Å². The van der Waals surface area contributed by atoms with Crippen LogP contribution in [0.5, 0.6) is 5.75 Å². The predicted molar refractivity (Wildman–Crippen MR) is 126 cm³/mol. The van der Waals surface area contributed by atoms with E-state index in [4.69, 9.17) is 27.7 Å². The predicted octanol–water partition coefficient (Wildman–Crippen LogP) is 7.69. The number of rotatable bonds is 3. The quantitative estimate of drug-likeness (QED) is 0.346. The minimum absolute atomic E-state index is 0.0971. The normalized spacial score (nSPS) is 11.7. The number of halogens is 2. The zero-order valence-corrected chi connectivity index (χ0v) is 19.2. The Kier molecular flexibility index (Phi) is 5.54. The van der Waals surface area contributed by atoms with Gasteiger partial charge in [0.1, 0.15) is 5.75 Å². The van der Waals surface area contributed by atoms with E-state index < -0.39 is 0 Å².